The first-order chi connectivity index (χ1) is 14.9. The number of benzene rings is 1. The lowest BCUT2D eigenvalue weighted by Crippen LogP contribution is -2.57. The first-order valence-corrected chi connectivity index (χ1v) is 10.2. The van der Waals surface area contributed by atoms with Gasteiger partial charge in [0.25, 0.3) is 0 Å². The number of aliphatic hydroxyl groups excluding tert-OH is 1. The summed E-state index contributed by atoms with van der Waals surface area (Å²) in [6.45, 7) is 4.27. The molecular formula is C21H32N4O7. The predicted molar refractivity (Wildman–Crippen MR) is 115 cm³/mol. The Labute approximate surface area is 186 Å². The van der Waals surface area contributed by atoms with Crippen LogP contribution in [-0.4, -0.2) is 69.8 Å². The van der Waals surface area contributed by atoms with Gasteiger partial charge in [-0.2, -0.15) is 0 Å². The molecule has 8 N–H and O–H groups in total. The van der Waals surface area contributed by atoms with E-state index in [-0.39, 0.29) is 24.5 Å². The lowest BCUT2D eigenvalue weighted by molar-refractivity contribution is -0.143. The third kappa shape index (κ3) is 8.90. The van der Waals surface area contributed by atoms with Gasteiger partial charge in [0.1, 0.15) is 23.9 Å². The van der Waals surface area contributed by atoms with Gasteiger partial charge in [0.2, 0.25) is 17.7 Å². The molecule has 0 aliphatic rings. The summed E-state index contributed by atoms with van der Waals surface area (Å²) in [6, 6.07) is 1.73. The van der Waals surface area contributed by atoms with Crippen LogP contribution in [0.5, 0.6) is 5.75 Å². The highest BCUT2D eigenvalue weighted by Crippen LogP contribution is 2.11. The van der Waals surface area contributed by atoms with E-state index in [1.165, 1.54) is 19.1 Å². The third-order valence-corrected chi connectivity index (χ3v) is 4.62. The van der Waals surface area contributed by atoms with Crippen LogP contribution in [0.3, 0.4) is 0 Å². The van der Waals surface area contributed by atoms with Gasteiger partial charge >= 0.3 is 5.97 Å². The molecule has 0 spiro atoms. The van der Waals surface area contributed by atoms with Crippen LogP contribution in [0.25, 0.3) is 0 Å². The molecule has 0 bridgehead atoms. The normalized spacial score (nSPS) is 14.7. The van der Waals surface area contributed by atoms with Gasteiger partial charge in [0, 0.05) is 0 Å². The second kappa shape index (κ2) is 12.6. The number of carbonyl (C=O) groups excluding carboxylic acids is 3. The summed E-state index contributed by atoms with van der Waals surface area (Å²) in [7, 11) is 0. The number of carboxylic acids is 1. The molecule has 0 aliphatic heterocycles. The number of carboxylic acid groups (broad SMARTS) is 1. The Hall–Kier alpha value is -3.18. The average molecular weight is 453 g/mol. The molecule has 0 fully saturated rings. The van der Waals surface area contributed by atoms with Crippen LogP contribution in [0.2, 0.25) is 0 Å². The highest BCUT2D eigenvalue weighted by atomic mass is 16.4. The topological polar surface area (TPSA) is 191 Å². The van der Waals surface area contributed by atoms with Crippen LogP contribution >= 0.6 is 0 Å². The number of hydrogen-bond acceptors (Lipinski definition) is 7. The van der Waals surface area contributed by atoms with E-state index in [0.717, 1.165) is 5.56 Å². The van der Waals surface area contributed by atoms with E-state index in [0.29, 0.717) is 0 Å². The first kappa shape index (κ1) is 26.9. The van der Waals surface area contributed by atoms with Gasteiger partial charge < -0.3 is 37.0 Å². The minimum absolute atomic E-state index is 0.0364. The summed E-state index contributed by atoms with van der Waals surface area (Å²) in [4.78, 5) is 48.3. The number of amides is 3. The summed E-state index contributed by atoms with van der Waals surface area (Å²) >= 11 is 0. The molecule has 178 valence electrons. The van der Waals surface area contributed by atoms with Crippen molar-refractivity contribution in [2.45, 2.75) is 57.8 Å². The number of phenols is 1. The summed E-state index contributed by atoms with van der Waals surface area (Å²) < 4.78 is 0. The number of aliphatic carboxylic acids is 1. The van der Waals surface area contributed by atoms with Crippen LogP contribution in [0, 0.1) is 5.92 Å². The molecule has 3 amide bonds. The number of rotatable bonds is 12. The van der Waals surface area contributed by atoms with Crippen LogP contribution < -0.4 is 21.7 Å². The van der Waals surface area contributed by atoms with Crippen molar-refractivity contribution in [1.82, 2.24) is 16.0 Å². The SMILES string of the molecule is CC(C)CC(NC(=O)C(N)Cc1ccc(O)cc1)C(=O)NC(C)C(=O)NC(CO)C(=O)O. The Morgan fingerprint density at radius 1 is 0.906 bits per heavy atom. The average Bonchev–Trinajstić information content (AvgIpc) is 2.72. The molecule has 0 aliphatic carbocycles. The molecule has 4 atom stereocenters. The van der Waals surface area contributed by atoms with Gasteiger partial charge in [-0.05, 0) is 43.4 Å². The van der Waals surface area contributed by atoms with Crippen molar-refractivity contribution in [3.63, 3.8) is 0 Å². The van der Waals surface area contributed by atoms with Crippen molar-refractivity contribution in [3.8, 4) is 5.75 Å². The number of hydrogen-bond donors (Lipinski definition) is 7. The predicted octanol–water partition coefficient (Wildman–Crippen LogP) is -1.14. The fourth-order valence-electron chi connectivity index (χ4n) is 2.82. The number of phenolic OH excluding ortho intramolecular Hbond substituents is 1. The van der Waals surface area contributed by atoms with Crippen LogP contribution in [0.4, 0.5) is 0 Å². The Balaban J connectivity index is 2.75. The molecule has 32 heavy (non-hydrogen) atoms. The summed E-state index contributed by atoms with van der Waals surface area (Å²) in [5, 5.41) is 34.4. The lowest BCUT2D eigenvalue weighted by Gasteiger charge is -2.24. The van der Waals surface area contributed by atoms with E-state index in [2.05, 4.69) is 16.0 Å². The van der Waals surface area contributed by atoms with Crippen LogP contribution in [0.15, 0.2) is 24.3 Å². The van der Waals surface area contributed by atoms with Crippen molar-refractivity contribution < 1.29 is 34.5 Å². The van der Waals surface area contributed by atoms with Gasteiger partial charge in [-0.15, -0.1) is 0 Å². The molecule has 0 radical (unpaired) electrons. The fraction of sp³-hybridized carbons (Fsp3) is 0.524. The molecule has 1 aromatic carbocycles. The molecule has 11 nitrogen and oxygen atoms in total. The van der Waals surface area contributed by atoms with Crippen molar-refractivity contribution >= 4 is 23.7 Å². The van der Waals surface area contributed by atoms with Gasteiger partial charge in [-0.3, -0.25) is 14.4 Å². The molecule has 4 unspecified atom stereocenters. The van der Waals surface area contributed by atoms with E-state index in [9.17, 15) is 24.3 Å². The summed E-state index contributed by atoms with van der Waals surface area (Å²) in [5.41, 5.74) is 6.70. The van der Waals surface area contributed by atoms with Crippen LogP contribution in [0.1, 0.15) is 32.8 Å². The van der Waals surface area contributed by atoms with E-state index < -0.39 is 54.5 Å². The van der Waals surface area contributed by atoms with E-state index >= 15 is 0 Å². The van der Waals surface area contributed by atoms with Crippen LogP contribution in [-0.2, 0) is 25.6 Å². The zero-order valence-electron chi connectivity index (χ0n) is 18.4. The minimum atomic E-state index is -1.49. The zero-order valence-corrected chi connectivity index (χ0v) is 18.4. The monoisotopic (exact) mass is 452 g/mol. The largest absolute Gasteiger partial charge is 0.508 e. The fourth-order valence-corrected chi connectivity index (χ4v) is 2.82. The highest BCUT2D eigenvalue weighted by molar-refractivity contribution is 5.93. The molecule has 0 saturated heterocycles. The van der Waals surface area contributed by atoms with Crippen molar-refractivity contribution in [1.29, 1.82) is 0 Å². The number of nitrogens with one attached hydrogen (secondary N) is 3. The standard InChI is InChI=1S/C21H32N4O7/c1-11(2)8-16(20(30)23-12(3)18(28)25-17(10-26)21(31)32)24-19(29)15(22)9-13-4-6-14(27)7-5-13/h4-7,11-12,15-17,26-27H,8-10,22H2,1-3H3,(H,23,30)(H,24,29)(H,25,28)(H,31,32). The zero-order chi connectivity index (χ0) is 24.4. The van der Waals surface area contributed by atoms with Gasteiger partial charge in [-0.1, -0.05) is 26.0 Å². The highest BCUT2D eigenvalue weighted by Gasteiger charge is 2.28. The molecule has 11 heteroatoms. The Bertz CT molecular complexity index is 798. The molecule has 1 aromatic rings. The maximum Gasteiger partial charge on any atom is 0.328 e. The second-order valence-electron chi connectivity index (χ2n) is 7.98. The smallest absolute Gasteiger partial charge is 0.328 e. The molecule has 0 saturated carbocycles. The van der Waals surface area contributed by atoms with Gasteiger partial charge in [-0.25, -0.2) is 4.79 Å². The molecule has 0 heterocycles. The molecule has 1 rings (SSSR count). The minimum Gasteiger partial charge on any atom is -0.508 e. The van der Waals surface area contributed by atoms with E-state index in [4.69, 9.17) is 15.9 Å². The summed E-state index contributed by atoms with van der Waals surface area (Å²) in [5.74, 6) is -3.25. The number of aliphatic hydroxyl groups is 1. The summed E-state index contributed by atoms with van der Waals surface area (Å²) in [6.07, 6.45) is 0.477. The third-order valence-electron chi connectivity index (χ3n) is 4.62. The van der Waals surface area contributed by atoms with Gasteiger partial charge in [0.05, 0.1) is 12.6 Å². The number of nitrogens with two attached hydrogens (primary N) is 1. The lowest BCUT2D eigenvalue weighted by atomic mass is 10.0. The second-order valence-corrected chi connectivity index (χ2v) is 7.98. The Kier molecular flexibility index (Phi) is 10.6. The maximum absolute atomic E-state index is 12.7. The Morgan fingerprint density at radius 2 is 1.47 bits per heavy atom. The quantitative estimate of drug-likeness (QED) is 0.207. The van der Waals surface area contributed by atoms with Gasteiger partial charge in [0.15, 0.2) is 0 Å². The Morgan fingerprint density at radius 3 is 1.97 bits per heavy atom. The van der Waals surface area contributed by atoms with E-state index in [1.54, 1.807) is 12.1 Å². The maximum atomic E-state index is 12.7. The van der Waals surface area contributed by atoms with Crippen molar-refractivity contribution in [2.75, 3.05) is 6.61 Å². The molecular weight excluding hydrogens is 420 g/mol. The first-order valence-electron chi connectivity index (χ1n) is 10.2. The number of carbonyl (C=O) groups is 4. The van der Waals surface area contributed by atoms with Crippen molar-refractivity contribution in [3.05, 3.63) is 29.8 Å². The molecule has 0 aromatic heterocycles. The van der Waals surface area contributed by atoms with E-state index in [1.807, 2.05) is 13.8 Å². The van der Waals surface area contributed by atoms with Crippen molar-refractivity contribution in [2.24, 2.45) is 11.7 Å². The number of aromatic hydroxyl groups is 1.